The molecule has 10 heteroatoms. The molecule has 1 nitrogen and oxygen atoms in total. The minimum Gasteiger partial charge on any atom is -0.388 e. The van der Waals surface area contributed by atoms with E-state index in [0.717, 1.165) is 18.2 Å². The second-order valence-electron chi connectivity index (χ2n) is 4.73. The number of aliphatic hydroxyl groups is 1. The molecule has 1 rings (SSSR count). The lowest BCUT2D eigenvalue weighted by Crippen LogP contribution is -2.59. The molecule has 1 unspecified atom stereocenters. The van der Waals surface area contributed by atoms with Crippen molar-refractivity contribution in [1.82, 2.24) is 0 Å². The zero-order valence-corrected chi connectivity index (χ0v) is 11.4. The fourth-order valence-corrected chi connectivity index (χ4v) is 1.84. The number of benzene rings is 1. The molecule has 0 heterocycles. The van der Waals surface area contributed by atoms with Crippen molar-refractivity contribution in [2.24, 2.45) is 0 Å². The van der Waals surface area contributed by atoms with Gasteiger partial charge in [0.05, 0.1) is 6.10 Å². The normalized spacial score (nSPS) is 15.6. The molecule has 0 aliphatic carbocycles. The SMILES string of the molecule is CCC(O)c1ccccc1C(F)(F)C(F)(F)C(F)(F)C(F)(F)F. The van der Waals surface area contributed by atoms with Crippen LogP contribution in [-0.4, -0.2) is 23.1 Å². The lowest BCUT2D eigenvalue weighted by atomic mass is 9.90. The van der Waals surface area contributed by atoms with Crippen LogP contribution in [0.4, 0.5) is 39.5 Å². The van der Waals surface area contributed by atoms with Crippen LogP contribution in [0.15, 0.2) is 24.3 Å². The van der Waals surface area contributed by atoms with E-state index in [1.165, 1.54) is 6.92 Å². The van der Waals surface area contributed by atoms with Crippen molar-refractivity contribution in [2.75, 3.05) is 0 Å². The van der Waals surface area contributed by atoms with E-state index in [2.05, 4.69) is 0 Å². The summed E-state index contributed by atoms with van der Waals surface area (Å²) < 4.78 is 117. The molecular weight excluding hydrogens is 343 g/mol. The number of halogens is 9. The first-order chi connectivity index (χ1) is 10.2. The molecule has 0 aromatic heterocycles. The highest BCUT2D eigenvalue weighted by Crippen LogP contribution is 2.57. The van der Waals surface area contributed by atoms with Crippen LogP contribution in [0.25, 0.3) is 0 Å². The molecule has 0 spiro atoms. The van der Waals surface area contributed by atoms with Crippen molar-refractivity contribution in [1.29, 1.82) is 0 Å². The van der Waals surface area contributed by atoms with Gasteiger partial charge in [-0.3, -0.25) is 0 Å². The Morgan fingerprint density at radius 2 is 1.35 bits per heavy atom. The van der Waals surface area contributed by atoms with Crippen LogP contribution >= 0.6 is 0 Å². The Kier molecular flexibility index (Phi) is 5.01. The first-order valence-corrected chi connectivity index (χ1v) is 6.19. The monoisotopic (exact) mass is 354 g/mol. The lowest BCUT2D eigenvalue weighted by Gasteiger charge is -2.35. The van der Waals surface area contributed by atoms with Crippen LogP contribution in [-0.2, 0) is 5.92 Å². The van der Waals surface area contributed by atoms with Crippen molar-refractivity contribution >= 4 is 0 Å². The zero-order valence-electron chi connectivity index (χ0n) is 11.4. The molecule has 0 fully saturated rings. The second-order valence-corrected chi connectivity index (χ2v) is 4.73. The zero-order chi connectivity index (χ0) is 18.3. The van der Waals surface area contributed by atoms with Crippen LogP contribution in [0.5, 0.6) is 0 Å². The summed E-state index contributed by atoms with van der Waals surface area (Å²) >= 11 is 0. The molecule has 0 saturated heterocycles. The molecule has 1 atom stereocenters. The maximum atomic E-state index is 13.9. The average molecular weight is 354 g/mol. The predicted molar refractivity (Wildman–Crippen MR) is 61.5 cm³/mol. The quantitative estimate of drug-likeness (QED) is 0.734. The number of hydrogen-bond acceptors (Lipinski definition) is 1. The van der Waals surface area contributed by atoms with Crippen LogP contribution in [0.3, 0.4) is 0 Å². The molecule has 0 amide bonds. The Hall–Kier alpha value is -1.45. The number of rotatable bonds is 5. The summed E-state index contributed by atoms with van der Waals surface area (Å²) in [5.74, 6) is -19.6. The van der Waals surface area contributed by atoms with Crippen molar-refractivity contribution < 1.29 is 44.6 Å². The summed E-state index contributed by atoms with van der Waals surface area (Å²) in [5, 5.41) is 9.51. The van der Waals surface area contributed by atoms with Gasteiger partial charge in [-0.1, -0.05) is 31.2 Å². The molecule has 0 radical (unpaired) electrons. The minimum atomic E-state index is -6.96. The molecule has 132 valence electrons. The van der Waals surface area contributed by atoms with E-state index in [0.29, 0.717) is 0 Å². The first kappa shape index (κ1) is 19.6. The van der Waals surface area contributed by atoms with Gasteiger partial charge in [0.2, 0.25) is 0 Å². The molecule has 0 aliphatic rings. The smallest absolute Gasteiger partial charge is 0.388 e. The molecular formula is C13H11F9O. The maximum Gasteiger partial charge on any atom is 0.460 e. The first-order valence-electron chi connectivity index (χ1n) is 6.19. The second kappa shape index (κ2) is 5.88. The highest BCUT2D eigenvalue weighted by molar-refractivity contribution is 5.35. The van der Waals surface area contributed by atoms with Crippen molar-refractivity contribution in [3.8, 4) is 0 Å². The van der Waals surface area contributed by atoms with Crippen LogP contribution < -0.4 is 0 Å². The van der Waals surface area contributed by atoms with Gasteiger partial charge in [-0.05, 0) is 12.0 Å². The summed E-state index contributed by atoms with van der Waals surface area (Å²) in [7, 11) is 0. The molecule has 0 saturated carbocycles. The Bertz CT molecular complexity index is 551. The van der Waals surface area contributed by atoms with Crippen LogP contribution in [0.2, 0.25) is 0 Å². The van der Waals surface area contributed by atoms with Gasteiger partial charge >= 0.3 is 23.9 Å². The number of hydrogen-bond donors (Lipinski definition) is 1. The fraction of sp³-hybridized carbons (Fsp3) is 0.538. The van der Waals surface area contributed by atoms with E-state index >= 15 is 0 Å². The Labute approximate surface area is 124 Å². The van der Waals surface area contributed by atoms with E-state index in [4.69, 9.17) is 0 Å². The van der Waals surface area contributed by atoms with Gasteiger partial charge in [0.1, 0.15) is 0 Å². The Morgan fingerprint density at radius 3 is 1.78 bits per heavy atom. The summed E-state index contributed by atoms with van der Waals surface area (Å²) in [6.45, 7) is 1.28. The fourth-order valence-electron chi connectivity index (χ4n) is 1.84. The number of alkyl halides is 9. The topological polar surface area (TPSA) is 20.2 Å². The molecule has 1 aromatic rings. The average Bonchev–Trinajstić information content (AvgIpc) is 2.44. The third kappa shape index (κ3) is 3.00. The summed E-state index contributed by atoms with van der Waals surface area (Å²) in [4.78, 5) is 0. The van der Waals surface area contributed by atoms with Crippen molar-refractivity contribution in [3.63, 3.8) is 0 Å². The van der Waals surface area contributed by atoms with Gasteiger partial charge in [-0.15, -0.1) is 0 Å². The van der Waals surface area contributed by atoms with Gasteiger partial charge in [-0.25, -0.2) is 0 Å². The van der Waals surface area contributed by atoms with E-state index in [1.807, 2.05) is 0 Å². The Morgan fingerprint density at radius 1 is 0.870 bits per heavy atom. The van der Waals surface area contributed by atoms with E-state index < -0.39 is 41.2 Å². The van der Waals surface area contributed by atoms with Crippen LogP contribution in [0, 0.1) is 0 Å². The van der Waals surface area contributed by atoms with Crippen LogP contribution in [0.1, 0.15) is 30.6 Å². The third-order valence-corrected chi connectivity index (χ3v) is 3.19. The highest BCUT2D eigenvalue weighted by atomic mass is 19.4. The molecule has 0 bridgehead atoms. The minimum absolute atomic E-state index is 0.242. The van der Waals surface area contributed by atoms with E-state index in [-0.39, 0.29) is 12.5 Å². The Balaban J connectivity index is 3.53. The summed E-state index contributed by atoms with van der Waals surface area (Å²) in [6, 6.07) is 2.83. The van der Waals surface area contributed by atoms with Gasteiger partial charge < -0.3 is 5.11 Å². The van der Waals surface area contributed by atoms with Gasteiger partial charge in [0.15, 0.2) is 0 Å². The van der Waals surface area contributed by atoms with Gasteiger partial charge in [-0.2, -0.15) is 39.5 Å². The standard InChI is InChI=1S/C13H11F9O/c1-2-9(23)7-5-3-4-6-8(7)10(14,15)11(16,17)12(18,19)13(20,21)22/h3-6,9,23H,2H2,1H3. The number of aliphatic hydroxyl groups excluding tert-OH is 1. The summed E-state index contributed by atoms with van der Waals surface area (Å²) in [6.07, 6.45) is -8.85. The largest absolute Gasteiger partial charge is 0.460 e. The van der Waals surface area contributed by atoms with Gasteiger partial charge in [0, 0.05) is 5.56 Å². The van der Waals surface area contributed by atoms with E-state index in [9.17, 15) is 44.6 Å². The summed E-state index contributed by atoms with van der Waals surface area (Å²) in [5.41, 5.74) is -2.64. The predicted octanol–water partition coefficient (Wildman–Crippen LogP) is 5.05. The van der Waals surface area contributed by atoms with E-state index in [1.54, 1.807) is 0 Å². The molecule has 1 N–H and O–H groups in total. The highest BCUT2D eigenvalue weighted by Gasteiger charge is 2.82. The van der Waals surface area contributed by atoms with Gasteiger partial charge in [0.25, 0.3) is 0 Å². The molecule has 0 aliphatic heterocycles. The third-order valence-electron chi connectivity index (χ3n) is 3.19. The van der Waals surface area contributed by atoms with Crippen molar-refractivity contribution in [2.45, 2.75) is 43.4 Å². The molecule has 23 heavy (non-hydrogen) atoms. The lowest BCUT2D eigenvalue weighted by molar-refractivity contribution is -0.399. The molecule has 1 aromatic carbocycles. The maximum absolute atomic E-state index is 13.9. The van der Waals surface area contributed by atoms with Crippen molar-refractivity contribution in [3.05, 3.63) is 35.4 Å².